The lowest BCUT2D eigenvalue weighted by molar-refractivity contribution is 0.601. The summed E-state index contributed by atoms with van der Waals surface area (Å²) in [5.74, 6) is -0.186. The molecule has 0 spiro atoms. The molecule has 0 saturated carbocycles. The van der Waals surface area contributed by atoms with E-state index in [0.717, 1.165) is 11.3 Å². The third-order valence-corrected chi connectivity index (χ3v) is 2.37. The molecule has 2 nitrogen and oxygen atoms in total. The van der Waals surface area contributed by atoms with Crippen molar-refractivity contribution in [2.45, 2.75) is 6.54 Å². The first-order valence-corrected chi connectivity index (χ1v) is 5.15. The van der Waals surface area contributed by atoms with Crippen LogP contribution in [0.3, 0.4) is 0 Å². The third-order valence-electron chi connectivity index (χ3n) is 2.37. The molecule has 0 atom stereocenters. The van der Waals surface area contributed by atoms with Crippen molar-refractivity contribution in [3.63, 3.8) is 0 Å². The summed E-state index contributed by atoms with van der Waals surface area (Å²) in [7, 11) is 1.80. The van der Waals surface area contributed by atoms with Gasteiger partial charge in [-0.05, 0) is 37.4 Å². The molecule has 0 saturated heterocycles. The minimum atomic E-state index is -0.186. The number of halogens is 1. The summed E-state index contributed by atoms with van der Waals surface area (Å²) in [4.78, 5) is 4.24. The molecule has 0 radical (unpaired) electrons. The van der Waals surface area contributed by atoms with Crippen molar-refractivity contribution in [1.82, 2.24) is 10.3 Å². The fraction of sp³-hybridized carbons (Fsp3) is 0.154. The molecular formula is C13H13FN2. The summed E-state index contributed by atoms with van der Waals surface area (Å²) in [6.45, 7) is 0.520. The summed E-state index contributed by atoms with van der Waals surface area (Å²) >= 11 is 0. The second-order valence-corrected chi connectivity index (χ2v) is 3.55. The maximum absolute atomic E-state index is 13.4. The van der Waals surface area contributed by atoms with E-state index in [-0.39, 0.29) is 5.82 Å². The van der Waals surface area contributed by atoms with Gasteiger partial charge >= 0.3 is 0 Å². The van der Waals surface area contributed by atoms with Gasteiger partial charge in [0, 0.05) is 23.9 Å². The van der Waals surface area contributed by atoms with Crippen LogP contribution < -0.4 is 5.32 Å². The number of nitrogens with zero attached hydrogens (tertiary/aromatic N) is 1. The summed E-state index contributed by atoms with van der Waals surface area (Å²) in [5, 5.41) is 2.94. The topological polar surface area (TPSA) is 24.9 Å². The fourth-order valence-corrected chi connectivity index (χ4v) is 1.59. The minimum absolute atomic E-state index is 0.186. The van der Waals surface area contributed by atoms with Gasteiger partial charge in [0.1, 0.15) is 5.82 Å². The maximum atomic E-state index is 13.4. The lowest BCUT2D eigenvalue weighted by Gasteiger charge is -2.05. The van der Waals surface area contributed by atoms with Crippen molar-refractivity contribution in [2.24, 2.45) is 0 Å². The molecule has 0 fully saturated rings. The predicted molar refractivity (Wildman–Crippen MR) is 62.4 cm³/mol. The number of hydrogen-bond acceptors (Lipinski definition) is 2. The molecule has 0 amide bonds. The van der Waals surface area contributed by atoms with Crippen molar-refractivity contribution >= 4 is 0 Å². The Balaban J connectivity index is 2.40. The van der Waals surface area contributed by atoms with Crippen LogP contribution in [0.5, 0.6) is 0 Å². The van der Waals surface area contributed by atoms with E-state index in [1.807, 2.05) is 24.3 Å². The van der Waals surface area contributed by atoms with E-state index in [1.54, 1.807) is 19.3 Å². The highest BCUT2D eigenvalue weighted by molar-refractivity contribution is 5.59. The zero-order chi connectivity index (χ0) is 11.4. The van der Waals surface area contributed by atoms with Gasteiger partial charge in [0.05, 0.1) is 5.69 Å². The van der Waals surface area contributed by atoms with E-state index in [1.165, 1.54) is 6.07 Å². The molecule has 3 heteroatoms. The van der Waals surface area contributed by atoms with Gasteiger partial charge in [0.15, 0.2) is 0 Å². The first kappa shape index (κ1) is 10.8. The lowest BCUT2D eigenvalue weighted by Crippen LogP contribution is -2.07. The highest BCUT2D eigenvalue weighted by atomic mass is 19.1. The van der Waals surface area contributed by atoms with Gasteiger partial charge in [-0.2, -0.15) is 0 Å². The Kier molecular flexibility index (Phi) is 3.27. The number of nitrogens with one attached hydrogen (secondary N) is 1. The molecule has 0 aliphatic heterocycles. The number of rotatable bonds is 3. The normalized spacial score (nSPS) is 10.4. The van der Waals surface area contributed by atoms with Crippen molar-refractivity contribution in [3.8, 4) is 11.3 Å². The van der Waals surface area contributed by atoms with Crippen LogP contribution in [-0.4, -0.2) is 12.0 Å². The Morgan fingerprint density at radius 2 is 2.12 bits per heavy atom. The highest BCUT2D eigenvalue weighted by Crippen LogP contribution is 2.19. The molecule has 0 aliphatic carbocycles. The van der Waals surface area contributed by atoms with Crippen LogP contribution in [0, 0.1) is 5.82 Å². The number of hydrogen-bond donors (Lipinski definition) is 1. The van der Waals surface area contributed by atoms with Gasteiger partial charge in [-0.25, -0.2) is 4.39 Å². The smallest absolute Gasteiger partial charge is 0.127 e. The van der Waals surface area contributed by atoms with Crippen LogP contribution in [0.15, 0.2) is 42.6 Å². The van der Waals surface area contributed by atoms with Crippen LogP contribution in [0.25, 0.3) is 11.3 Å². The van der Waals surface area contributed by atoms with Crippen LogP contribution in [-0.2, 0) is 6.54 Å². The number of aromatic nitrogens is 1. The first-order valence-electron chi connectivity index (χ1n) is 5.15. The second kappa shape index (κ2) is 4.86. The second-order valence-electron chi connectivity index (χ2n) is 3.55. The van der Waals surface area contributed by atoms with Gasteiger partial charge < -0.3 is 5.32 Å². The molecule has 16 heavy (non-hydrogen) atoms. The van der Waals surface area contributed by atoms with E-state index in [0.29, 0.717) is 12.1 Å². The van der Waals surface area contributed by atoms with Crippen molar-refractivity contribution in [3.05, 3.63) is 54.0 Å². The summed E-state index contributed by atoms with van der Waals surface area (Å²) in [6, 6.07) is 10.8. The van der Waals surface area contributed by atoms with Crippen LogP contribution in [0.4, 0.5) is 4.39 Å². The largest absolute Gasteiger partial charge is 0.316 e. The Hall–Kier alpha value is -1.74. The zero-order valence-corrected chi connectivity index (χ0v) is 9.07. The monoisotopic (exact) mass is 216 g/mol. The minimum Gasteiger partial charge on any atom is -0.316 e. The third kappa shape index (κ3) is 2.25. The SMILES string of the molecule is CNCc1cc(-c2ccccn2)ccc1F. The summed E-state index contributed by atoms with van der Waals surface area (Å²) < 4.78 is 13.4. The maximum Gasteiger partial charge on any atom is 0.127 e. The Bertz CT molecular complexity index is 469. The molecule has 0 bridgehead atoms. The van der Waals surface area contributed by atoms with Crippen molar-refractivity contribution < 1.29 is 4.39 Å². The van der Waals surface area contributed by atoms with Gasteiger partial charge in [-0.15, -0.1) is 0 Å². The average Bonchev–Trinajstić information content (AvgIpc) is 2.33. The molecule has 1 aromatic carbocycles. The van der Waals surface area contributed by atoms with Gasteiger partial charge in [0.25, 0.3) is 0 Å². The van der Waals surface area contributed by atoms with Crippen LogP contribution in [0.2, 0.25) is 0 Å². The molecule has 2 aromatic rings. The Morgan fingerprint density at radius 1 is 1.25 bits per heavy atom. The zero-order valence-electron chi connectivity index (χ0n) is 9.07. The van der Waals surface area contributed by atoms with Gasteiger partial charge in [-0.3, -0.25) is 4.98 Å². The molecular weight excluding hydrogens is 203 g/mol. The van der Waals surface area contributed by atoms with E-state index in [9.17, 15) is 4.39 Å². The van der Waals surface area contributed by atoms with Crippen LogP contribution >= 0.6 is 0 Å². The molecule has 2 rings (SSSR count). The molecule has 0 aliphatic rings. The molecule has 1 aromatic heterocycles. The van der Waals surface area contributed by atoms with E-state index in [2.05, 4.69) is 10.3 Å². The predicted octanol–water partition coefficient (Wildman–Crippen LogP) is 2.61. The molecule has 82 valence electrons. The lowest BCUT2D eigenvalue weighted by atomic mass is 10.1. The fourth-order valence-electron chi connectivity index (χ4n) is 1.59. The molecule has 0 unspecified atom stereocenters. The van der Waals surface area contributed by atoms with Crippen molar-refractivity contribution in [2.75, 3.05) is 7.05 Å². The Labute approximate surface area is 94.2 Å². The number of benzene rings is 1. The van der Waals surface area contributed by atoms with Crippen molar-refractivity contribution in [1.29, 1.82) is 0 Å². The van der Waals surface area contributed by atoms with E-state index >= 15 is 0 Å². The van der Waals surface area contributed by atoms with Gasteiger partial charge in [0.2, 0.25) is 0 Å². The molecule has 1 N–H and O–H groups in total. The standard InChI is InChI=1S/C13H13FN2/c1-15-9-11-8-10(5-6-12(11)14)13-4-2-3-7-16-13/h2-8,15H,9H2,1H3. The van der Waals surface area contributed by atoms with Gasteiger partial charge in [-0.1, -0.05) is 6.07 Å². The number of pyridine rings is 1. The Morgan fingerprint density at radius 3 is 2.81 bits per heavy atom. The van der Waals surface area contributed by atoms with E-state index < -0.39 is 0 Å². The summed E-state index contributed by atoms with van der Waals surface area (Å²) in [5.41, 5.74) is 2.46. The quantitative estimate of drug-likeness (QED) is 0.853. The highest BCUT2D eigenvalue weighted by Gasteiger charge is 2.04. The first-order chi connectivity index (χ1) is 7.81. The molecule has 1 heterocycles. The van der Waals surface area contributed by atoms with Crippen LogP contribution in [0.1, 0.15) is 5.56 Å². The van der Waals surface area contributed by atoms with E-state index in [4.69, 9.17) is 0 Å². The average molecular weight is 216 g/mol. The summed E-state index contributed by atoms with van der Waals surface area (Å²) in [6.07, 6.45) is 1.73.